The van der Waals surface area contributed by atoms with E-state index in [0.717, 1.165) is 0 Å². The minimum atomic E-state index is -2.02. The van der Waals surface area contributed by atoms with Crippen molar-refractivity contribution in [3.63, 3.8) is 0 Å². The van der Waals surface area contributed by atoms with Crippen molar-refractivity contribution in [3.05, 3.63) is 123 Å². The first-order chi connectivity index (χ1) is 11.4. The van der Waals surface area contributed by atoms with Crippen LogP contribution < -0.4 is 3.78 Å². The van der Waals surface area contributed by atoms with Crippen molar-refractivity contribution >= 4 is 3.78 Å². The second kappa shape index (κ2) is 8.50. The molecule has 0 bridgehead atoms. The van der Waals surface area contributed by atoms with Crippen molar-refractivity contribution in [1.82, 2.24) is 0 Å². The van der Waals surface area contributed by atoms with E-state index in [2.05, 4.69) is 115 Å². The molecule has 0 heterocycles. The predicted molar refractivity (Wildman–Crippen MR) is 97.1 cm³/mol. The first kappa shape index (κ1) is 15.8. The van der Waals surface area contributed by atoms with Gasteiger partial charge in [-0.05, 0) is 0 Å². The molecule has 0 spiro atoms. The SMILES string of the molecule is C1=CC=C[C]([Nb]([C]2=CC=CC=CC=C2)[c]2ccccc2)=CC=C1. The molecular weight excluding hydrogens is 357 g/mol. The molecule has 0 saturated carbocycles. The molecule has 0 saturated heterocycles. The van der Waals surface area contributed by atoms with Crippen molar-refractivity contribution in [2.75, 3.05) is 0 Å². The monoisotopic (exact) mass is 376 g/mol. The Balaban J connectivity index is 2.07. The van der Waals surface area contributed by atoms with Crippen molar-refractivity contribution in [3.8, 4) is 0 Å². The Morgan fingerprint density at radius 1 is 0.478 bits per heavy atom. The summed E-state index contributed by atoms with van der Waals surface area (Å²) in [5, 5.41) is 0. The zero-order valence-corrected chi connectivity index (χ0v) is 15.1. The van der Waals surface area contributed by atoms with E-state index >= 15 is 0 Å². The summed E-state index contributed by atoms with van der Waals surface area (Å²) in [4.78, 5) is 0. The van der Waals surface area contributed by atoms with Crippen LogP contribution in [-0.4, -0.2) is 0 Å². The van der Waals surface area contributed by atoms with Gasteiger partial charge in [-0.3, -0.25) is 0 Å². The zero-order chi connectivity index (χ0) is 15.7. The number of benzene rings is 1. The third kappa shape index (κ3) is 4.43. The van der Waals surface area contributed by atoms with Crippen LogP contribution in [-0.2, 0) is 18.4 Å². The van der Waals surface area contributed by atoms with E-state index in [1.807, 2.05) is 0 Å². The van der Waals surface area contributed by atoms with Crippen LogP contribution in [0.1, 0.15) is 0 Å². The summed E-state index contributed by atoms with van der Waals surface area (Å²) >= 11 is -2.02. The molecule has 23 heavy (non-hydrogen) atoms. The summed E-state index contributed by atoms with van der Waals surface area (Å²) in [6.45, 7) is 0. The normalized spacial score (nSPS) is 16.6. The first-order valence-corrected chi connectivity index (χ1v) is 11.0. The van der Waals surface area contributed by atoms with Crippen LogP contribution in [0.2, 0.25) is 0 Å². The van der Waals surface area contributed by atoms with Crippen LogP contribution in [0.5, 0.6) is 0 Å². The third-order valence-corrected chi connectivity index (χ3v) is 9.49. The number of hydrogen-bond acceptors (Lipinski definition) is 0. The van der Waals surface area contributed by atoms with Crippen molar-refractivity contribution < 1.29 is 18.4 Å². The van der Waals surface area contributed by atoms with Crippen molar-refractivity contribution in [2.24, 2.45) is 0 Å². The summed E-state index contributed by atoms with van der Waals surface area (Å²) in [5.74, 6) is 0. The molecular formula is C22H19Nb. The Morgan fingerprint density at radius 3 is 1.52 bits per heavy atom. The maximum atomic E-state index is 2.28. The second-order valence-corrected chi connectivity index (χ2v) is 10.6. The summed E-state index contributed by atoms with van der Waals surface area (Å²) in [5.41, 5.74) is 0. The van der Waals surface area contributed by atoms with Gasteiger partial charge in [-0.25, -0.2) is 0 Å². The van der Waals surface area contributed by atoms with Crippen LogP contribution in [0.15, 0.2) is 123 Å². The number of rotatable bonds is 3. The molecule has 0 N–H and O–H groups in total. The van der Waals surface area contributed by atoms with Gasteiger partial charge in [0.2, 0.25) is 0 Å². The van der Waals surface area contributed by atoms with E-state index in [0.29, 0.717) is 0 Å². The molecule has 1 aromatic rings. The summed E-state index contributed by atoms with van der Waals surface area (Å²) in [6.07, 6.45) is 30.2. The van der Waals surface area contributed by atoms with E-state index < -0.39 is 18.4 Å². The Hall–Kier alpha value is -2.12. The summed E-state index contributed by atoms with van der Waals surface area (Å²) in [6, 6.07) is 11.0. The van der Waals surface area contributed by atoms with E-state index in [1.165, 1.54) is 11.4 Å². The minimum absolute atomic E-state index is 1.47. The molecule has 112 valence electrons. The van der Waals surface area contributed by atoms with Gasteiger partial charge in [0.05, 0.1) is 0 Å². The molecule has 0 aromatic heterocycles. The summed E-state index contributed by atoms with van der Waals surface area (Å²) < 4.78 is 4.42. The number of allylic oxidation sites excluding steroid dienone is 16. The topological polar surface area (TPSA) is 0 Å². The Kier molecular flexibility index (Phi) is 5.82. The Labute approximate surface area is 145 Å². The van der Waals surface area contributed by atoms with Crippen LogP contribution >= 0.6 is 0 Å². The zero-order valence-electron chi connectivity index (χ0n) is 12.9. The fourth-order valence-electron chi connectivity index (χ4n) is 2.44. The van der Waals surface area contributed by atoms with Crippen LogP contribution in [0.3, 0.4) is 0 Å². The van der Waals surface area contributed by atoms with Gasteiger partial charge in [-0.2, -0.15) is 0 Å². The Bertz CT molecular complexity index is 717. The molecule has 0 nitrogen and oxygen atoms in total. The molecule has 1 aromatic carbocycles. The van der Waals surface area contributed by atoms with E-state index in [-0.39, 0.29) is 0 Å². The van der Waals surface area contributed by atoms with Crippen molar-refractivity contribution in [2.45, 2.75) is 0 Å². The maximum absolute atomic E-state index is 2.28. The van der Waals surface area contributed by atoms with Crippen LogP contribution in [0, 0.1) is 0 Å². The molecule has 2 aliphatic rings. The average molecular weight is 376 g/mol. The Morgan fingerprint density at radius 2 is 0.957 bits per heavy atom. The van der Waals surface area contributed by atoms with Gasteiger partial charge in [0.15, 0.2) is 0 Å². The van der Waals surface area contributed by atoms with E-state index in [1.54, 1.807) is 0 Å². The fraction of sp³-hybridized carbons (Fsp3) is 0. The molecule has 0 amide bonds. The molecule has 1 heteroatoms. The van der Waals surface area contributed by atoms with Gasteiger partial charge < -0.3 is 0 Å². The fourth-order valence-corrected chi connectivity index (χ4v) is 8.10. The average Bonchev–Trinajstić information content (AvgIpc) is 2.52. The van der Waals surface area contributed by atoms with E-state index in [4.69, 9.17) is 0 Å². The molecule has 2 aliphatic carbocycles. The van der Waals surface area contributed by atoms with Gasteiger partial charge in [0.25, 0.3) is 0 Å². The van der Waals surface area contributed by atoms with Crippen LogP contribution in [0.25, 0.3) is 0 Å². The van der Waals surface area contributed by atoms with Gasteiger partial charge in [-0.1, -0.05) is 0 Å². The van der Waals surface area contributed by atoms with Gasteiger partial charge in [0, 0.05) is 0 Å². The first-order valence-electron chi connectivity index (χ1n) is 7.74. The number of hydrogen-bond donors (Lipinski definition) is 0. The van der Waals surface area contributed by atoms with Crippen LogP contribution in [0.4, 0.5) is 0 Å². The van der Waals surface area contributed by atoms with Gasteiger partial charge in [0.1, 0.15) is 0 Å². The molecule has 0 fully saturated rings. The molecule has 0 unspecified atom stereocenters. The summed E-state index contributed by atoms with van der Waals surface area (Å²) in [7, 11) is 0. The van der Waals surface area contributed by atoms with E-state index in [9.17, 15) is 0 Å². The molecule has 0 atom stereocenters. The quantitative estimate of drug-likeness (QED) is 0.647. The van der Waals surface area contributed by atoms with Gasteiger partial charge >= 0.3 is 145 Å². The molecule has 3 rings (SSSR count). The predicted octanol–water partition coefficient (Wildman–Crippen LogP) is 5.06. The standard InChI is InChI=1S/2C8H7.C6H5.Nb/c2*1-2-4-6-8-7-5-3-1;1-2-4-6-5-3-1;/h2*1-7H;1-5H;. The molecule has 0 aliphatic heterocycles. The van der Waals surface area contributed by atoms with Gasteiger partial charge in [-0.15, -0.1) is 0 Å². The third-order valence-electron chi connectivity index (χ3n) is 3.49. The molecule has 0 radical (unpaired) electrons. The van der Waals surface area contributed by atoms with Crippen molar-refractivity contribution in [1.29, 1.82) is 0 Å². The second-order valence-electron chi connectivity index (χ2n) is 5.11.